The van der Waals surface area contributed by atoms with Gasteiger partial charge in [0.1, 0.15) is 6.29 Å². The number of nitrogens with one attached hydrogen (secondary N) is 3. The first kappa shape index (κ1) is 46.1. The number of carbonyl (C=O) groups is 2. The minimum Gasteiger partial charge on any atom is -0.379 e. The first-order valence-electron chi connectivity index (χ1n) is 17.4. The summed E-state index contributed by atoms with van der Waals surface area (Å²) >= 11 is 0.196. The number of amides is 1. The summed E-state index contributed by atoms with van der Waals surface area (Å²) in [7, 11) is 5.20. The molecule has 0 heterocycles. The smallest absolute Gasteiger partial charge is 0.122 e. The number of hydrogen-bond donors (Lipinski definition) is 4. The average Bonchev–Trinajstić information content (AvgIpc) is 3.01. The fraction of sp³-hybridized carbons (Fsp3) is 0.939. The second kappa shape index (κ2) is 34.9. The topological polar surface area (TPSA) is 133 Å². The molecule has 0 aliphatic heterocycles. The summed E-state index contributed by atoms with van der Waals surface area (Å²) in [6.45, 7) is 4.96. The van der Waals surface area contributed by atoms with Crippen molar-refractivity contribution in [2.24, 2.45) is 11.1 Å². The van der Waals surface area contributed by atoms with Gasteiger partial charge in [-0.25, -0.2) is 0 Å². The van der Waals surface area contributed by atoms with Crippen molar-refractivity contribution in [1.82, 2.24) is 11.1 Å². The Morgan fingerprint density at radius 2 is 1.36 bits per heavy atom. The molecule has 2 aliphatic rings. The Morgan fingerprint density at radius 3 is 1.80 bits per heavy atom. The van der Waals surface area contributed by atoms with Crippen molar-refractivity contribution in [2.75, 3.05) is 47.1 Å². The molecule has 0 atom stereocenters. The summed E-state index contributed by atoms with van der Waals surface area (Å²) < 4.78 is 12.6. The minimum absolute atomic E-state index is 0.196. The first-order valence-corrected chi connectivity index (χ1v) is 25.6. The maximum Gasteiger partial charge on any atom is 0.122 e. The molecule has 270 valence electrons. The maximum atomic E-state index is 12.1. The molecule has 0 unspecified atom stereocenters. The molecule has 2 rings (SSSR count). The van der Waals surface area contributed by atoms with Crippen LogP contribution in [-0.2, 0) is 38.4 Å². The average molecular weight is 933 g/mol. The van der Waals surface area contributed by atoms with E-state index in [0.29, 0.717) is 56.8 Å². The van der Waals surface area contributed by atoms with Crippen LogP contribution in [0.2, 0.25) is 0 Å². The summed E-state index contributed by atoms with van der Waals surface area (Å²) in [4.78, 5) is 30.4. The maximum absolute atomic E-state index is 12.1. The van der Waals surface area contributed by atoms with Gasteiger partial charge in [0.2, 0.25) is 5.91 Å². The Hall–Kier alpha value is 1.09. The molecule has 2 aliphatic carbocycles. The summed E-state index contributed by atoms with van der Waals surface area (Å²) in [5.41, 5.74) is 5.76. The fourth-order valence-electron chi connectivity index (χ4n) is 5.97. The molecule has 1 spiro atoms. The number of nitrogens with two attached hydrogens (primary N) is 1. The van der Waals surface area contributed by atoms with E-state index in [0.717, 1.165) is 25.2 Å². The Labute approximate surface area is 304 Å². The van der Waals surface area contributed by atoms with Gasteiger partial charge in [0.25, 0.3) is 0 Å². The third-order valence-electron chi connectivity index (χ3n) is 8.40. The molecule has 0 aromatic carbocycles. The molecule has 0 radical (unpaired) electrons. The normalized spacial score (nSPS) is 19.9. The third-order valence-corrected chi connectivity index (χ3v) is 10.0. The van der Waals surface area contributed by atoms with Crippen molar-refractivity contribution in [3.63, 3.8) is 0 Å². The fourth-order valence-corrected chi connectivity index (χ4v) is 6.74. The quantitative estimate of drug-likeness (QED) is 0.0343. The van der Waals surface area contributed by atoms with Gasteiger partial charge in [-0.2, -0.15) is 0 Å². The largest absolute Gasteiger partial charge is 0.379 e. The van der Waals surface area contributed by atoms with Crippen LogP contribution in [-0.4, -0.2) is 71.4 Å². The van der Waals surface area contributed by atoms with Crippen LogP contribution in [0.4, 0.5) is 0 Å². The molecule has 0 aromatic rings. The number of carbonyl (C=O) groups excluding carboxylic acids is 2. The predicted octanol–water partition coefficient (Wildman–Crippen LogP) is 5.60. The second-order valence-electron chi connectivity index (χ2n) is 12.3. The summed E-state index contributed by atoms with van der Waals surface area (Å²) in [6, 6.07) is 1.20. The number of unbranched alkanes of at least 4 members (excludes halogenated alkanes) is 13. The minimum atomic E-state index is 0.196. The molecule has 0 aromatic heterocycles. The summed E-state index contributed by atoms with van der Waals surface area (Å²) in [6.07, 6.45) is 26.2. The van der Waals surface area contributed by atoms with Crippen LogP contribution in [0.5, 0.6) is 0 Å². The standard InChI is InChI=1S/C25H48N2O.C7H15NO3.CH4NO2Xe.Re/c1-3-4-5-6-7-8-9-10-11-12-13-14-15-16-17-24(28)27-23-20-25(21-23)18-22(19-25)26-2;8-2-5-11-7-6-10-4-1-3-9;1-3-4-2-5;/h22-23,26H,3-21H2,1-2H3,(H,27,28);3H,1-2,4-8H2;2H,1H3;. The molecule has 45 heavy (non-hydrogen) atoms. The van der Waals surface area contributed by atoms with E-state index < -0.39 is 0 Å². The van der Waals surface area contributed by atoms with Gasteiger partial charge < -0.3 is 30.6 Å². The Morgan fingerprint density at radius 1 is 0.844 bits per heavy atom. The van der Waals surface area contributed by atoms with Gasteiger partial charge in [-0.15, -0.1) is 0 Å². The van der Waals surface area contributed by atoms with Gasteiger partial charge in [0, 0.05) is 31.5 Å². The predicted molar refractivity (Wildman–Crippen MR) is 173 cm³/mol. The molecule has 1 amide bonds. The number of aldehydes is 1. The molecule has 2 saturated carbocycles. The molecule has 0 bridgehead atoms. The van der Waals surface area contributed by atoms with Crippen molar-refractivity contribution in [3.05, 3.63) is 0 Å². The van der Waals surface area contributed by atoms with E-state index >= 15 is 0 Å². The summed E-state index contributed by atoms with van der Waals surface area (Å²) in [5, 5.41) is 6.62. The van der Waals surface area contributed by atoms with Gasteiger partial charge in [-0.05, 0) is 44.6 Å². The van der Waals surface area contributed by atoms with Gasteiger partial charge in [-0.1, -0.05) is 90.4 Å². The van der Waals surface area contributed by atoms with E-state index in [1.807, 2.05) is 0 Å². The molecule has 5 N–H and O–H groups in total. The van der Waals surface area contributed by atoms with Gasteiger partial charge in [-0.3, -0.25) is 4.79 Å². The van der Waals surface area contributed by atoms with Crippen LogP contribution in [0.3, 0.4) is 0 Å². The second-order valence-corrected chi connectivity index (χ2v) is 16.3. The molecular weight excluding hydrogens is 866 g/mol. The van der Waals surface area contributed by atoms with Gasteiger partial charge in [0.05, 0.1) is 26.4 Å². The number of hydrogen-bond acceptors (Lipinski definition) is 9. The van der Waals surface area contributed by atoms with E-state index in [4.69, 9.17) is 15.2 Å². The van der Waals surface area contributed by atoms with E-state index in [9.17, 15) is 9.59 Å². The van der Waals surface area contributed by atoms with Crippen LogP contribution >= 0.6 is 0 Å². The van der Waals surface area contributed by atoms with E-state index in [2.05, 4.69) is 35.0 Å². The van der Waals surface area contributed by atoms with E-state index in [1.54, 1.807) is 9.49 Å². The van der Waals surface area contributed by atoms with Gasteiger partial charge in [0.15, 0.2) is 0 Å². The molecule has 12 heteroatoms. The van der Waals surface area contributed by atoms with Crippen LogP contribution in [0.1, 0.15) is 135 Å². The Balaban J connectivity index is 0.000000936. The van der Waals surface area contributed by atoms with E-state index in [-0.39, 0.29) is 39.9 Å². The monoisotopic (exact) mass is 934 g/mol. The SMILES string of the molecule is CCCCCCCCCCCCCCCCC(=O)NC1CC2(CC(NC)C2)C1.COON[Xe][Re].NCCOCCOCCC=O. The molecule has 0 saturated heterocycles. The van der Waals surface area contributed by atoms with Crippen LogP contribution < -0.4 is 16.9 Å². The van der Waals surface area contributed by atoms with Crippen molar-refractivity contribution < 1.29 is 78.3 Å². The zero-order chi connectivity index (χ0) is 33.3. The van der Waals surface area contributed by atoms with Crippen LogP contribution in [0.25, 0.3) is 0 Å². The first-order chi connectivity index (χ1) is 22.0. The third kappa shape index (κ3) is 28.6. The Bertz CT molecular complexity index is 653. The van der Waals surface area contributed by atoms with E-state index in [1.165, 1.54) is 116 Å². The van der Waals surface area contributed by atoms with Crippen molar-refractivity contribution in [2.45, 2.75) is 147 Å². The van der Waals surface area contributed by atoms with Crippen molar-refractivity contribution in [1.29, 1.82) is 0 Å². The van der Waals surface area contributed by atoms with Gasteiger partial charge >= 0.3 is 66.9 Å². The molecule has 2 fully saturated rings. The summed E-state index contributed by atoms with van der Waals surface area (Å²) in [5.74, 6) is 0.295. The Kier molecular flexibility index (Phi) is 35.8. The molecule has 10 nitrogen and oxygen atoms in total. The zero-order valence-corrected chi connectivity index (χ0v) is 33.4. The number of rotatable bonds is 28. The zero-order valence-electron chi connectivity index (χ0n) is 28.7. The molecular formula is C33H67N4O6ReXe. The van der Waals surface area contributed by atoms with Crippen LogP contribution in [0, 0.1) is 45.3 Å². The van der Waals surface area contributed by atoms with Crippen molar-refractivity contribution >= 4 is 12.2 Å². The van der Waals surface area contributed by atoms with Crippen LogP contribution in [0.15, 0.2) is 0 Å². The van der Waals surface area contributed by atoms with Crippen molar-refractivity contribution in [3.8, 4) is 0 Å². The number of ether oxygens (including phenoxy) is 2.